The summed E-state index contributed by atoms with van der Waals surface area (Å²) in [6.45, 7) is 0.431. The van der Waals surface area contributed by atoms with Gasteiger partial charge in [-0.05, 0) is 49.2 Å². The molecule has 1 aromatic carbocycles. The Morgan fingerprint density at radius 2 is 1.96 bits per heavy atom. The molecule has 4 rings (SSSR count). The van der Waals surface area contributed by atoms with Gasteiger partial charge < -0.3 is 10.2 Å². The Kier molecular flexibility index (Phi) is 4.65. The third kappa shape index (κ3) is 3.32. The summed E-state index contributed by atoms with van der Waals surface area (Å²) in [7, 11) is 0. The van der Waals surface area contributed by atoms with Crippen molar-refractivity contribution in [2.75, 3.05) is 11.4 Å². The van der Waals surface area contributed by atoms with Crippen LogP contribution >= 0.6 is 15.9 Å². The number of fused-ring (bicyclic) bond motifs is 1. The average molecular weight is 429 g/mol. The summed E-state index contributed by atoms with van der Waals surface area (Å²) in [4.78, 5) is 44.7. The SMILES string of the molecule is O=C(NC1CCN2C(=O)N(c3ccc(Br)cc3)C(=O)C2C1)c1cccnc1. The molecule has 2 aliphatic heterocycles. The highest BCUT2D eigenvalue weighted by atomic mass is 79.9. The Morgan fingerprint density at radius 3 is 2.67 bits per heavy atom. The number of nitrogens with one attached hydrogen (secondary N) is 1. The number of anilines is 1. The van der Waals surface area contributed by atoms with E-state index in [1.54, 1.807) is 47.5 Å². The van der Waals surface area contributed by atoms with E-state index in [1.807, 2.05) is 0 Å². The second-order valence-corrected chi connectivity index (χ2v) is 7.49. The van der Waals surface area contributed by atoms with E-state index in [-0.39, 0.29) is 23.9 Å². The van der Waals surface area contributed by atoms with Crippen molar-refractivity contribution in [2.24, 2.45) is 0 Å². The van der Waals surface area contributed by atoms with Gasteiger partial charge in [0.15, 0.2) is 0 Å². The Balaban J connectivity index is 1.48. The standard InChI is InChI=1S/C19H17BrN4O3/c20-13-3-5-15(6-4-13)24-18(26)16-10-14(7-9-23(16)19(24)27)22-17(25)12-2-1-8-21-11-12/h1-6,8,11,14,16H,7,9-10H2,(H,22,25). The highest BCUT2D eigenvalue weighted by Crippen LogP contribution is 2.31. The molecule has 2 atom stereocenters. The van der Waals surface area contributed by atoms with Crippen molar-refractivity contribution in [3.05, 3.63) is 58.8 Å². The Labute approximate surface area is 164 Å². The van der Waals surface area contributed by atoms with Crippen molar-refractivity contribution in [2.45, 2.75) is 24.9 Å². The molecule has 4 amide bonds. The summed E-state index contributed by atoms with van der Waals surface area (Å²) < 4.78 is 0.876. The Hall–Kier alpha value is -2.74. The average Bonchev–Trinajstić information content (AvgIpc) is 2.93. The summed E-state index contributed by atoms with van der Waals surface area (Å²) in [6, 6.07) is 9.44. The second kappa shape index (κ2) is 7.11. The molecule has 3 heterocycles. The van der Waals surface area contributed by atoms with Crippen molar-refractivity contribution < 1.29 is 14.4 Å². The fourth-order valence-corrected chi connectivity index (χ4v) is 3.79. The van der Waals surface area contributed by atoms with Crippen LogP contribution in [0.25, 0.3) is 0 Å². The van der Waals surface area contributed by atoms with Crippen LogP contribution in [-0.4, -0.2) is 46.4 Å². The third-order valence-electron chi connectivity index (χ3n) is 4.89. The molecule has 1 aromatic heterocycles. The highest BCUT2D eigenvalue weighted by Gasteiger charge is 2.48. The van der Waals surface area contributed by atoms with E-state index in [2.05, 4.69) is 26.2 Å². The van der Waals surface area contributed by atoms with Crippen LogP contribution in [0, 0.1) is 0 Å². The summed E-state index contributed by atoms with van der Waals surface area (Å²) >= 11 is 3.35. The van der Waals surface area contributed by atoms with Crippen LogP contribution in [0.5, 0.6) is 0 Å². The van der Waals surface area contributed by atoms with E-state index in [1.165, 1.54) is 11.1 Å². The number of halogens is 1. The predicted octanol–water partition coefficient (Wildman–Crippen LogP) is 2.57. The number of amides is 4. The van der Waals surface area contributed by atoms with Crippen LogP contribution in [0.2, 0.25) is 0 Å². The quantitative estimate of drug-likeness (QED) is 0.761. The topological polar surface area (TPSA) is 82.6 Å². The molecule has 2 aromatic rings. The number of hydrogen-bond donors (Lipinski definition) is 1. The van der Waals surface area contributed by atoms with Crippen molar-refractivity contribution in [1.82, 2.24) is 15.2 Å². The lowest BCUT2D eigenvalue weighted by atomic mass is 9.97. The van der Waals surface area contributed by atoms with Gasteiger partial charge in [0.2, 0.25) is 0 Å². The van der Waals surface area contributed by atoms with Crippen molar-refractivity contribution in [3.8, 4) is 0 Å². The third-order valence-corrected chi connectivity index (χ3v) is 5.42. The molecule has 2 saturated heterocycles. The summed E-state index contributed by atoms with van der Waals surface area (Å²) in [6.07, 6.45) is 4.12. The van der Waals surface area contributed by atoms with Gasteiger partial charge >= 0.3 is 6.03 Å². The molecule has 138 valence electrons. The molecular formula is C19H17BrN4O3. The molecule has 2 unspecified atom stereocenters. The monoisotopic (exact) mass is 428 g/mol. The van der Waals surface area contributed by atoms with E-state index in [9.17, 15) is 14.4 Å². The van der Waals surface area contributed by atoms with Crippen molar-refractivity contribution in [3.63, 3.8) is 0 Å². The lowest BCUT2D eigenvalue weighted by Crippen LogP contribution is -2.49. The van der Waals surface area contributed by atoms with Crippen LogP contribution in [0.4, 0.5) is 10.5 Å². The molecule has 2 fully saturated rings. The maximum absolute atomic E-state index is 12.9. The van der Waals surface area contributed by atoms with Gasteiger partial charge in [0.05, 0.1) is 11.3 Å². The Bertz CT molecular complexity index is 888. The number of urea groups is 1. The largest absolute Gasteiger partial charge is 0.349 e. The number of piperidine rings is 1. The minimum atomic E-state index is -0.547. The zero-order valence-corrected chi connectivity index (χ0v) is 15.9. The van der Waals surface area contributed by atoms with Gasteiger partial charge in [0, 0.05) is 29.5 Å². The van der Waals surface area contributed by atoms with E-state index >= 15 is 0 Å². The molecule has 27 heavy (non-hydrogen) atoms. The lowest BCUT2D eigenvalue weighted by molar-refractivity contribution is -0.120. The number of carbonyl (C=O) groups excluding carboxylic acids is 3. The van der Waals surface area contributed by atoms with E-state index in [0.29, 0.717) is 30.6 Å². The first-order valence-electron chi connectivity index (χ1n) is 8.65. The number of aromatic nitrogens is 1. The van der Waals surface area contributed by atoms with Gasteiger partial charge in [-0.25, -0.2) is 9.69 Å². The minimum Gasteiger partial charge on any atom is -0.349 e. The molecule has 7 nitrogen and oxygen atoms in total. The van der Waals surface area contributed by atoms with Crippen molar-refractivity contribution in [1.29, 1.82) is 0 Å². The number of rotatable bonds is 3. The van der Waals surface area contributed by atoms with Gasteiger partial charge in [0.1, 0.15) is 6.04 Å². The van der Waals surface area contributed by atoms with E-state index in [4.69, 9.17) is 0 Å². The molecule has 0 bridgehead atoms. The Morgan fingerprint density at radius 1 is 1.19 bits per heavy atom. The van der Waals surface area contributed by atoms with Crippen molar-refractivity contribution >= 4 is 39.5 Å². The summed E-state index contributed by atoms with van der Waals surface area (Å²) in [5, 5.41) is 2.95. The smallest absolute Gasteiger partial charge is 0.332 e. The van der Waals surface area contributed by atoms with Crippen LogP contribution in [0.3, 0.4) is 0 Å². The molecule has 1 N–H and O–H groups in total. The molecule has 8 heteroatoms. The van der Waals surface area contributed by atoms with E-state index < -0.39 is 6.04 Å². The number of imide groups is 1. The molecule has 0 spiro atoms. The zero-order valence-electron chi connectivity index (χ0n) is 14.3. The highest BCUT2D eigenvalue weighted by molar-refractivity contribution is 9.10. The molecule has 2 aliphatic rings. The summed E-state index contributed by atoms with van der Waals surface area (Å²) in [5.41, 5.74) is 1.03. The first kappa shape index (κ1) is 17.7. The number of pyridine rings is 1. The summed E-state index contributed by atoms with van der Waals surface area (Å²) in [5.74, 6) is -0.467. The van der Waals surface area contributed by atoms with Gasteiger partial charge in [-0.2, -0.15) is 0 Å². The number of nitrogens with zero attached hydrogens (tertiary/aromatic N) is 3. The van der Waals surface area contributed by atoms with E-state index in [0.717, 1.165) is 4.47 Å². The lowest BCUT2D eigenvalue weighted by Gasteiger charge is -2.32. The van der Waals surface area contributed by atoms with Crippen LogP contribution < -0.4 is 10.2 Å². The second-order valence-electron chi connectivity index (χ2n) is 6.58. The van der Waals surface area contributed by atoms with Gasteiger partial charge in [-0.15, -0.1) is 0 Å². The van der Waals surface area contributed by atoms with Gasteiger partial charge in [-0.1, -0.05) is 15.9 Å². The number of carbonyl (C=O) groups is 3. The predicted molar refractivity (Wildman–Crippen MR) is 102 cm³/mol. The van der Waals surface area contributed by atoms with Crippen LogP contribution in [-0.2, 0) is 4.79 Å². The van der Waals surface area contributed by atoms with Gasteiger partial charge in [0.25, 0.3) is 11.8 Å². The number of benzene rings is 1. The molecule has 0 saturated carbocycles. The normalized spacial score (nSPS) is 22.0. The first-order valence-corrected chi connectivity index (χ1v) is 9.45. The van der Waals surface area contributed by atoms with Crippen LogP contribution in [0.1, 0.15) is 23.2 Å². The fourth-order valence-electron chi connectivity index (χ4n) is 3.52. The maximum atomic E-state index is 12.9. The molecular weight excluding hydrogens is 412 g/mol. The first-order chi connectivity index (χ1) is 13.0. The van der Waals surface area contributed by atoms with Crippen LogP contribution in [0.15, 0.2) is 53.3 Å². The molecule has 0 radical (unpaired) electrons. The number of hydrogen-bond acceptors (Lipinski definition) is 4. The van der Waals surface area contributed by atoms with Gasteiger partial charge in [-0.3, -0.25) is 14.6 Å². The minimum absolute atomic E-state index is 0.166. The maximum Gasteiger partial charge on any atom is 0.332 e. The zero-order chi connectivity index (χ0) is 19.0. The fraction of sp³-hybridized carbons (Fsp3) is 0.263. The molecule has 0 aliphatic carbocycles.